The molecule has 0 saturated heterocycles. The predicted molar refractivity (Wildman–Crippen MR) is 80.1 cm³/mol. The van der Waals surface area contributed by atoms with E-state index in [1.807, 2.05) is 12.3 Å². The van der Waals surface area contributed by atoms with E-state index in [-0.39, 0.29) is 0 Å². The molecule has 100 valence electrons. The normalized spacial score (nSPS) is 12.3. The van der Waals surface area contributed by atoms with Gasteiger partial charge in [0.05, 0.1) is 0 Å². The second-order valence-electron chi connectivity index (χ2n) is 5.05. The van der Waals surface area contributed by atoms with Crippen LogP contribution in [-0.4, -0.2) is 11.5 Å². The van der Waals surface area contributed by atoms with Crippen molar-refractivity contribution >= 4 is 0 Å². The van der Waals surface area contributed by atoms with Gasteiger partial charge in [-0.05, 0) is 50.4 Å². The highest BCUT2D eigenvalue weighted by Crippen LogP contribution is 2.23. The van der Waals surface area contributed by atoms with E-state index in [0.29, 0.717) is 5.92 Å². The van der Waals surface area contributed by atoms with Crippen LogP contribution in [0.25, 0.3) is 0 Å². The van der Waals surface area contributed by atoms with E-state index < -0.39 is 0 Å². The maximum Gasteiger partial charge on any atom is 0.0435 e. The van der Waals surface area contributed by atoms with E-state index in [1.54, 1.807) is 0 Å². The van der Waals surface area contributed by atoms with Gasteiger partial charge in [-0.3, -0.25) is 4.98 Å². The molecule has 2 heteroatoms. The van der Waals surface area contributed by atoms with Crippen LogP contribution in [-0.2, 0) is 6.42 Å². The fraction of sp³-hybridized carbons (Fsp3) is 0.353. The Labute approximate surface area is 115 Å². The first-order valence-electron chi connectivity index (χ1n) is 6.96. The van der Waals surface area contributed by atoms with Crippen LogP contribution in [0, 0.1) is 6.92 Å². The number of benzene rings is 1. The molecular weight excluding hydrogens is 232 g/mol. The molecular formula is C17H22N2. The molecule has 0 fully saturated rings. The second-order valence-corrected chi connectivity index (χ2v) is 5.05. The summed E-state index contributed by atoms with van der Waals surface area (Å²) in [6.45, 7) is 2.84. The summed E-state index contributed by atoms with van der Waals surface area (Å²) < 4.78 is 0. The van der Waals surface area contributed by atoms with Crippen molar-refractivity contribution in [3.05, 3.63) is 65.5 Å². The number of nitrogens with zero attached hydrogens (tertiary/aromatic N) is 1. The molecule has 0 amide bonds. The fourth-order valence-electron chi connectivity index (χ4n) is 2.35. The van der Waals surface area contributed by atoms with Gasteiger partial charge >= 0.3 is 0 Å². The van der Waals surface area contributed by atoms with Crippen molar-refractivity contribution in [1.82, 2.24) is 4.98 Å². The lowest BCUT2D eigenvalue weighted by atomic mass is 9.93. The average molecular weight is 254 g/mol. The Morgan fingerprint density at radius 1 is 1.05 bits per heavy atom. The monoisotopic (exact) mass is 254 g/mol. The smallest absolute Gasteiger partial charge is 0.0435 e. The lowest BCUT2D eigenvalue weighted by Gasteiger charge is -2.15. The van der Waals surface area contributed by atoms with Crippen molar-refractivity contribution in [2.24, 2.45) is 5.73 Å². The highest BCUT2D eigenvalue weighted by Gasteiger charge is 2.11. The van der Waals surface area contributed by atoms with Crippen LogP contribution in [0.3, 0.4) is 0 Å². The van der Waals surface area contributed by atoms with Crippen molar-refractivity contribution in [2.45, 2.75) is 32.1 Å². The van der Waals surface area contributed by atoms with Crippen molar-refractivity contribution < 1.29 is 0 Å². The number of aromatic nitrogens is 1. The van der Waals surface area contributed by atoms with Crippen LogP contribution in [0.4, 0.5) is 0 Å². The van der Waals surface area contributed by atoms with E-state index in [1.165, 1.54) is 16.8 Å². The van der Waals surface area contributed by atoms with E-state index >= 15 is 0 Å². The third-order valence-corrected chi connectivity index (χ3v) is 3.52. The molecule has 2 N–H and O–H groups in total. The standard InChI is InChI=1S/C17H22N2/c1-14-5-7-15(8-6-14)9-10-16(11-12-18)17-4-2-3-13-19-17/h2-8,13,16H,9-12,18H2,1H3. The molecule has 1 atom stereocenters. The maximum atomic E-state index is 5.73. The first-order valence-corrected chi connectivity index (χ1v) is 6.96. The summed E-state index contributed by atoms with van der Waals surface area (Å²) >= 11 is 0. The summed E-state index contributed by atoms with van der Waals surface area (Å²) in [4.78, 5) is 4.47. The summed E-state index contributed by atoms with van der Waals surface area (Å²) in [6, 6.07) is 14.9. The van der Waals surface area contributed by atoms with E-state index in [0.717, 1.165) is 25.8 Å². The molecule has 0 aliphatic carbocycles. The predicted octanol–water partition coefficient (Wildman–Crippen LogP) is 3.46. The molecule has 0 aliphatic heterocycles. The molecule has 0 spiro atoms. The lowest BCUT2D eigenvalue weighted by molar-refractivity contribution is 0.570. The SMILES string of the molecule is Cc1ccc(CCC(CCN)c2ccccn2)cc1. The summed E-state index contributed by atoms with van der Waals surface area (Å²) in [5.41, 5.74) is 9.60. The minimum absolute atomic E-state index is 0.465. The van der Waals surface area contributed by atoms with E-state index in [9.17, 15) is 0 Å². The van der Waals surface area contributed by atoms with Crippen molar-refractivity contribution in [3.63, 3.8) is 0 Å². The highest BCUT2D eigenvalue weighted by atomic mass is 14.7. The highest BCUT2D eigenvalue weighted by molar-refractivity contribution is 5.22. The van der Waals surface area contributed by atoms with Crippen LogP contribution in [0.15, 0.2) is 48.7 Å². The molecule has 2 aromatic rings. The van der Waals surface area contributed by atoms with Gasteiger partial charge in [-0.25, -0.2) is 0 Å². The van der Waals surface area contributed by atoms with E-state index in [2.05, 4.69) is 48.3 Å². The Bertz CT molecular complexity index is 476. The van der Waals surface area contributed by atoms with Crippen LogP contribution < -0.4 is 5.73 Å². The number of hydrogen-bond donors (Lipinski definition) is 1. The summed E-state index contributed by atoms with van der Waals surface area (Å²) in [5, 5.41) is 0. The van der Waals surface area contributed by atoms with Crippen molar-refractivity contribution in [2.75, 3.05) is 6.54 Å². The van der Waals surface area contributed by atoms with Gasteiger partial charge in [-0.1, -0.05) is 35.9 Å². The van der Waals surface area contributed by atoms with Gasteiger partial charge in [0.25, 0.3) is 0 Å². The molecule has 0 radical (unpaired) electrons. The zero-order valence-electron chi connectivity index (χ0n) is 11.5. The van der Waals surface area contributed by atoms with Gasteiger partial charge in [-0.15, -0.1) is 0 Å². The lowest BCUT2D eigenvalue weighted by Crippen LogP contribution is -2.09. The van der Waals surface area contributed by atoms with Crippen LogP contribution in [0.2, 0.25) is 0 Å². The number of nitrogens with two attached hydrogens (primary N) is 1. The third kappa shape index (κ3) is 4.18. The molecule has 0 aliphatic rings. The van der Waals surface area contributed by atoms with Crippen LogP contribution in [0.5, 0.6) is 0 Å². The zero-order valence-corrected chi connectivity index (χ0v) is 11.5. The number of pyridine rings is 1. The molecule has 19 heavy (non-hydrogen) atoms. The molecule has 1 aromatic heterocycles. The molecule has 1 unspecified atom stereocenters. The van der Waals surface area contributed by atoms with Crippen molar-refractivity contribution in [3.8, 4) is 0 Å². The molecule has 2 rings (SSSR count). The number of aryl methyl sites for hydroxylation is 2. The number of hydrogen-bond acceptors (Lipinski definition) is 2. The largest absolute Gasteiger partial charge is 0.330 e. The topological polar surface area (TPSA) is 38.9 Å². The quantitative estimate of drug-likeness (QED) is 0.857. The summed E-state index contributed by atoms with van der Waals surface area (Å²) in [7, 11) is 0. The van der Waals surface area contributed by atoms with Gasteiger partial charge in [0.15, 0.2) is 0 Å². The Hall–Kier alpha value is -1.67. The van der Waals surface area contributed by atoms with Gasteiger partial charge in [-0.2, -0.15) is 0 Å². The van der Waals surface area contributed by atoms with Gasteiger partial charge < -0.3 is 5.73 Å². The third-order valence-electron chi connectivity index (χ3n) is 3.52. The van der Waals surface area contributed by atoms with Crippen LogP contribution >= 0.6 is 0 Å². The fourth-order valence-corrected chi connectivity index (χ4v) is 2.35. The van der Waals surface area contributed by atoms with E-state index in [4.69, 9.17) is 5.73 Å². The zero-order chi connectivity index (χ0) is 13.5. The molecule has 1 aromatic carbocycles. The first-order chi connectivity index (χ1) is 9.29. The van der Waals surface area contributed by atoms with Gasteiger partial charge in [0.1, 0.15) is 0 Å². The first kappa shape index (κ1) is 13.8. The maximum absolute atomic E-state index is 5.73. The summed E-state index contributed by atoms with van der Waals surface area (Å²) in [6.07, 6.45) is 5.06. The Balaban J connectivity index is 1.99. The van der Waals surface area contributed by atoms with Gasteiger partial charge in [0.2, 0.25) is 0 Å². The molecule has 1 heterocycles. The average Bonchev–Trinajstić information content (AvgIpc) is 2.46. The minimum atomic E-state index is 0.465. The summed E-state index contributed by atoms with van der Waals surface area (Å²) in [5.74, 6) is 0.465. The molecule has 0 saturated carbocycles. The number of rotatable bonds is 6. The second kappa shape index (κ2) is 7.05. The molecule has 0 bridgehead atoms. The van der Waals surface area contributed by atoms with Crippen LogP contribution in [0.1, 0.15) is 35.6 Å². The Morgan fingerprint density at radius 3 is 2.47 bits per heavy atom. The van der Waals surface area contributed by atoms with Gasteiger partial charge in [0, 0.05) is 17.8 Å². The van der Waals surface area contributed by atoms with Crippen molar-refractivity contribution in [1.29, 1.82) is 0 Å². The Kier molecular flexibility index (Phi) is 5.10. The molecule has 2 nitrogen and oxygen atoms in total. The Morgan fingerprint density at radius 2 is 1.84 bits per heavy atom. The minimum Gasteiger partial charge on any atom is -0.330 e.